The van der Waals surface area contributed by atoms with Crippen molar-refractivity contribution in [2.45, 2.75) is 43.9 Å². The fraction of sp³-hybridized carbons (Fsp3) is 0.412. The van der Waals surface area contributed by atoms with E-state index in [2.05, 4.69) is 34.2 Å². The largest absolute Gasteiger partial charge is 0.343 e. The van der Waals surface area contributed by atoms with Crippen molar-refractivity contribution < 1.29 is 0 Å². The van der Waals surface area contributed by atoms with Gasteiger partial charge in [-0.25, -0.2) is 4.98 Å². The number of benzene rings is 1. The number of H-pyrrole nitrogens is 1. The van der Waals surface area contributed by atoms with Gasteiger partial charge in [-0.1, -0.05) is 36.8 Å². The number of nitrogens with one attached hydrogen (secondary N) is 1. The van der Waals surface area contributed by atoms with E-state index >= 15 is 0 Å². The normalized spacial score (nSPS) is 18.8. The molecule has 2 fully saturated rings. The van der Waals surface area contributed by atoms with Crippen molar-refractivity contribution in [2.75, 3.05) is 0 Å². The average Bonchev–Trinajstić information content (AvgIpc) is 3.20. The Balaban J connectivity index is 1.74. The van der Waals surface area contributed by atoms with Gasteiger partial charge in [0, 0.05) is 11.6 Å². The van der Waals surface area contributed by atoms with Gasteiger partial charge in [-0.2, -0.15) is 0 Å². The second-order valence-corrected chi connectivity index (χ2v) is 6.46. The van der Waals surface area contributed by atoms with Gasteiger partial charge < -0.3 is 4.98 Å². The van der Waals surface area contributed by atoms with Gasteiger partial charge in [0.1, 0.15) is 10.5 Å². The van der Waals surface area contributed by atoms with E-state index in [1.165, 1.54) is 43.2 Å². The first-order valence-electron chi connectivity index (χ1n) is 7.51. The van der Waals surface area contributed by atoms with Crippen LogP contribution in [0.5, 0.6) is 0 Å². The van der Waals surface area contributed by atoms with Crippen LogP contribution in [0.1, 0.15) is 55.3 Å². The molecule has 0 spiro atoms. The minimum Gasteiger partial charge on any atom is -0.343 e. The highest BCUT2D eigenvalue weighted by molar-refractivity contribution is 7.71. The van der Waals surface area contributed by atoms with Crippen molar-refractivity contribution in [3.63, 3.8) is 0 Å². The lowest BCUT2D eigenvalue weighted by molar-refractivity contribution is 0.420. The molecule has 0 radical (unpaired) electrons. The Morgan fingerprint density at radius 2 is 1.90 bits per heavy atom. The monoisotopic (exact) mass is 282 g/mol. The Hall–Kier alpha value is -1.48. The highest BCUT2D eigenvalue weighted by Crippen LogP contribution is 2.39. The molecule has 2 aliphatic rings. The van der Waals surface area contributed by atoms with E-state index in [0.717, 1.165) is 17.4 Å². The topological polar surface area (TPSA) is 28.7 Å². The Bertz CT molecular complexity index is 696. The summed E-state index contributed by atoms with van der Waals surface area (Å²) in [6, 6.07) is 10.9. The van der Waals surface area contributed by atoms with E-state index in [0.29, 0.717) is 10.6 Å². The number of hydrogen-bond donors (Lipinski definition) is 1. The summed E-state index contributed by atoms with van der Waals surface area (Å²) in [4.78, 5) is 7.95. The lowest BCUT2D eigenvalue weighted by Crippen LogP contribution is -2.08. The molecule has 2 aromatic rings. The van der Waals surface area contributed by atoms with E-state index in [4.69, 9.17) is 12.2 Å². The third kappa shape index (κ3) is 2.31. The molecule has 20 heavy (non-hydrogen) atoms. The number of nitrogens with zero attached hydrogens (tertiary/aromatic N) is 1. The highest BCUT2D eigenvalue weighted by Gasteiger charge is 2.26. The van der Waals surface area contributed by atoms with Crippen LogP contribution < -0.4 is 0 Å². The quantitative estimate of drug-likeness (QED) is 0.807. The maximum Gasteiger partial charge on any atom is 0.130 e. The molecular weight excluding hydrogens is 264 g/mol. The van der Waals surface area contributed by atoms with Gasteiger partial charge in [-0.05, 0) is 54.9 Å². The number of hydrogen-bond acceptors (Lipinski definition) is 2. The molecule has 2 nitrogen and oxygen atoms in total. The van der Waals surface area contributed by atoms with Gasteiger partial charge >= 0.3 is 0 Å². The summed E-state index contributed by atoms with van der Waals surface area (Å²) in [6.07, 6.45) is 6.53. The molecule has 2 saturated carbocycles. The first-order chi connectivity index (χ1) is 9.79. The zero-order chi connectivity index (χ0) is 13.5. The van der Waals surface area contributed by atoms with Crippen LogP contribution in [0.4, 0.5) is 0 Å². The van der Waals surface area contributed by atoms with E-state index < -0.39 is 0 Å². The van der Waals surface area contributed by atoms with Crippen molar-refractivity contribution in [3.05, 3.63) is 46.4 Å². The molecule has 102 valence electrons. The summed E-state index contributed by atoms with van der Waals surface area (Å²) < 4.78 is 0.703. The summed E-state index contributed by atoms with van der Waals surface area (Å²) in [5, 5.41) is 0. The van der Waals surface area contributed by atoms with E-state index in [1.54, 1.807) is 0 Å². The van der Waals surface area contributed by atoms with Crippen molar-refractivity contribution in [3.8, 4) is 11.3 Å². The summed E-state index contributed by atoms with van der Waals surface area (Å²) in [5.41, 5.74) is 3.83. The Morgan fingerprint density at radius 1 is 1.05 bits per heavy atom. The van der Waals surface area contributed by atoms with Gasteiger partial charge in [0.15, 0.2) is 0 Å². The zero-order valence-corrected chi connectivity index (χ0v) is 12.2. The molecule has 3 heteroatoms. The van der Waals surface area contributed by atoms with E-state index in [1.807, 2.05) is 6.07 Å². The van der Waals surface area contributed by atoms with Crippen LogP contribution in [0.3, 0.4) is 0 Å². The van der Waals surface area contributed by atoms with E-state index in [9.17, 15) is 0 Å². The maximum atomic E-state index is 5.32. The number of rotatable bonds is 3. The van der Waals surface area contributed by atoms with E-state index in [-0.39, 0.29) is 0 Å². The molecule has 2 aliphatic carbocycles. The maximum absolute atomic E-state index is 5.32. The summed E-state index contributed by atoms with van der Waals surface area (Å²) in [5.74, 6) is 2.44. The average molecular weight is 282 g/mol. The van der Waals surface area contributed by atoms with Crippen molar-refractivity contribution in [1.29, 1.82) is 0 Å². The smallest absolute Gasteiger partial charge is 0.130 e. The molecule has 4 rings (SSSR count). The van der Waals surface area contributed by atoms with Crippen molar-refractivity contribution in [2.24, 2.45) is 0 Å². The van der Waals surface area contributed by atoms with Crippen LogP contribution in [0, 0.1) is 4.64 Å². The summed E-state index contributed by atoms with van der Waals surface area (Å²) in [6.45, 7) is 0. The van der Waals surface area contributed by atoms with Crippen molar-refractivity contribution in [1.82, 2.24) is 9.97 Å². The minimum atomic E-state index is 0.603. The number of aromatic amines is 1. The minimum absolute atomic E-state index is 0.603. The third-order valence-electron chi connectivity index (χ3n) is 4.50. The van der Waals surface area contributed by atoms with Crippen LogP contribution in [-0.4, -0.2) is 9.97 Å². The Kier molecular flexibility index (Phi) is 2.95. The molecule has 0 bridgehead atoms. The molecule has 0 unspecified atom stereocenters. The molecule has 1 N–H and O–H groups in total. The predicted octanol–water partition coefficient (Wildman–Crippen LogP) is 4.95. The molecule has 0 atom stereocenters. The second-order valence-electron chi connectivity index (χ2n) is 6.05. The van der Waals surface area contributed by atoms with Crippen LogP contribution in [0.2, 0.25) is 0 Å². The fourth-order valence-corrected chi connectivity index (χ4v) is 3.10. The second kappa shape index (κ2) is 4.81. The summed E-state index contributed by atoms with van der Waals surface area (Å²) in [7, 11) is 0. The molecule has 0 saturated heterocycles. The standard InChI is InChI=1S/C17H18N2S/c20-16-10-15(18-17(19-16)12-7-8-12)14-6-2-5-13(9-14)11-3-1-4-11/h2,5-6,9-12H,1,3-4,7-8H2,(H,18,19,20). The fourth-order valence-electron chi connectivity index (χ4n) is 2.88. The Morgan fingerprint density at radius 3 is 2.60 bits per heavy atom. The highest BCUT2D eigenvalue weighted by atomic mass is 32.1. The zero-order valence-electron chi connectivity index (χ0n) is 11.4. The van der Waals surface area contributed by atoms with Gasteiger partial charge in [0.05, 0.1) is 0 Å². The molecule has 1 aromatic carbocycles. The van der Waals surface area contributed by atoms with Crippen LogP contribution in [-0.2, 0) is 0 Å². The molecule has 1 heterocycles. The van der Waals surface area contributed by atoms with Gasteiger partial charge in [-0.3, -0.25) is 0 Å². The number of aromatic nitrogens is 2. The SMILES string of the molecule is S=c1cc(-c2cccc(C3CCC3)c2)[nH]c(C2CC2)n1. The lowest BCUT2D eigenvalue weighted by Gasteiger charge is -2.26. The molecule has 0 amide bonds. The van der Waals surface area contributed by atoms with Crippen LogP contribution in [0.15, 0.2) is 30.3 Å². The van der Waals surface area contributed by atoms with Crippen LogP contribution >= 0.6 is 12.2 Å². The predicted molar refractivity (Wildman–Crippen MR) is 83.4 cm³/mol. The van der Waals surface area contributed by atoms with Gasteiger partial charge in [0.2, 0.25) is 0 Å². The molecule has 1 aromatic heterocycles. The summed E-state index contributed by atoms with van der Waals surface area (Å²) >= 11 is 5.32. The molecular formula is C17H18N2S. The van der Waals surface area contributed by atoms with Crippen LogP contribution in [0.25, 0.3) is 11.3 Å². The third-order valence-corrected chi connectivity index (χ3v) is 4.71. The Labute approximate surface area is 124 Å². The first kappa shape index (κ1) is 12.3. The van der Waals surface area contributed by atoms with Crippen molar-refractivity contribution >= 4 is 12.2 Å². The van der Waals surface area contributed by atoms with Gasteiger partial charge in [-0.15, -0.1) is 0 Å². The van der Waals surface area contributed by atoms with Gasteiger partial charge in [0.25, 0.3) is 0 Å². The lowest BCUT2D eigenvalue weighted by atomic mass is 9.79. The molecule has 0 aliphatic heterocycles. The first-order valence-corrected chi connectivity index (χ1v) is 7.92.